The van der Waals surface area contributed by atoms with Crippen molar-refractivity contribution in [1.82, 2.24) is 5.06 Å². The van der Waals surface area contributed by atoms with E-state index in [1.807, 2.05) is 0 Å². The van der Waals surface area contributed by atoms with E-state index in [-0.39, 0.29) is 11.1 Å². The van der Waals surface area contributed by atoms with Crippen LogP contribution in [0.15, 0.2) is 0 Å². The molecule has 2 nitrogen and oxygen atoms in total. The Balaban J connectivity index is 2.57. The van der Waals surface area contributed by atoms with Crippen molar-refractivity contribution in [2.75, 3.05) is 5.33 Å². The molecular formula is C13H25BrNO. The summed E-state index contributed by atoms with van der Waals surface area (Å²) in [5.41, 5.74) is -0.387. The first-order valence-electron chi connectivity index (χ1n) is 6.33. The molecular weight excluding hydrogens is 266 g/mol. The fourth-order valence-corrected chi connectivity index (χ4v) is 3.60. The Morgan fingerprint density at radius 2 is 1.62 bits per heavy atom. The number of rotatable bonds is 4. The third-order valence-corrected chi connectivity index (χ3v) is 4.23. The first-order valence-corrected chi connectivity index (χ1v) is 7.45. The van der Waals surface area contributed by atoms with E-state index in [1.165, 1.54) is 24.3 Å². The van der Waals surface area contributed by atoms with Crippen molar-refractivity contribution < 1.29 is 5.21 Å². The van der Waals surface area contributed by atoms with Crippen molar-refractivity contribution in [3.63, 3.8) is 0 Å². The van der Waals surface area contributed by atoms with Gasteiger partial charge in [-0.15, -0.1) is 10.3 Å². The molecule has 1 fully saturated rings. The predicted molar refractivity (Wildman–Crippen MR) is 71.1 cm³/mol. The summed E-state index contributed by atoms with van der Waals surface area (Å²) in [4.78, 5) is 0. The first-order chi connectivity index (χ1) is 7.29. The van der Waals surface area contributed by atoms with Gasteiger partial charge in [-0.3, -0.25) is 0 Å². The molecule has 0 spiro atoms. The molecule has 1 aliphatic rings. The molecule has 0 aromatic heterocycles. The van der Waals surface area contributed by atoms with Crippen molar-refractivity contribution in [1.29, 1.82) is 0 Å². The molecule has 16 heavy (non-hydrogen) atoms. The van der Waals surface area contributed by atoms with Gasteiger partial charge in [-0.2, -0.15) is 0 Å². The van der Waals surface area contributed by atoms with Crippen molar-refractivity contribution >= 4 is 15.9 Å². The van der Waals surface area contributed by atoms with Crippen LogP contribution in [0.2, 0.25) is 0 Å². The molecule has 0 unspecified atom stereocenters. The lowest BCUT2D eigenvalue weighted by molar-refractivity contribution is -0.294. The molecule has 1 radical (unpaired) electrons. The van der Waals surface area contributed by atoms with E-state index in [4.69, 9.17) is 0 Å². The molecule has 0 aromatic carbocycles. The molecule has 1 heterocycles. The van der Waals surface area contributed by atoms with Crippen molar-refractivity contribution in [2.24, 2.45) is 5.92 Å². The van der Waals surface area contributed by atoms with Gasteiger partial charge < -0.3 is 0 Å². The van der Waals surface area contributed by atoms with Crippen LogP contribution in [-0.2, 0) is 5.21 Å². The highest BCUT2D eigenvalue weighted by Gasteiger charge is 2.45. The molecule has 95 valence electrons. The van der Waals surface area contributed by atoms with Crippen LogP contribution in [0.4, 0.5) is 0 Å². The average Bonchev–Trinajstić information content (AvgIpc) is 2.14. The Hall–Kier alpha value is 0.400. The molecule has 0 bridgehead atoms. The molecule has 1 aliphatic heterocycles. The number of piperidine rings is 1. The molecule has 0 aromatic rings. The largest absolute Gasteiger partial charge is 0.144 e. The lowest BCUT2D eigenvalue weighted by atomic mass is 9.73. The van der Waals surface area contributed by atoms with Crippen LogP contribution in [0.1, 0.15) is 59.8 Å². The second kappa shape index (κ2) is 5.36. The van der Waals surface area contributed by atoms with Crippen LogP contribution < -0.4 is 0 Å². The van der Waals surface area contributed by atoms with Gasteiger partial charge in [-0.25, -0.2) is 0 Å². The SMILES string of the molecule is CC1(C)CC(CCCCBr)CC(C)(C)N1[O]. The Labute approximate surface area is 108 Å². The monoisotopic (exact) mass is 290 g/mol. The second-order valence-corrected chi connectivity index (χ2v) is 7.17. The van der Waals surface area contributed by atoms with Gasteiger partial charge in [0.05, 0.1) is 0 Å². The number of halogens is 1. The van der Waals surface area contributed by atoms with Gasteiger partial charge in [0, 0.05) is 16.4 Å². The number of alkyl halides is 1. The Morgan fingerprint density at radius 1 is 1.12 bits per heavy atom. The quantitative estimate of drug-likeness (QED) is 0.563. The average molecular weight is 291 g/mol. The van der Waals surface area contributed by atoms with Gasteiger partial charge in [0.25, 0.3) is 0 Å². The van der Waals surface area contributed by atoms with E-state index >= 15 is 0 Å². The first kappa shape index (κ1) is 14.5. The molecule has 1 saturated heterocycles. The maximum Gasteiger partial charge on any atom is 0.0446 e. The summed E-state index contributed by atoms with van der Waals surface area (Å²) in [7, 11) is 0. The summed E-state index contributed by atoms with van der Waals surface area (Å²) in [5, 5.41) is 14.6. The molecule has 0 amide bonds. The minimum Gasteiger partial charge on any atom is -0.144 e. The fraction of sp³-hybridized carbons (Fsp3) is 1.00. The van der Waals surface area contributed by atoms with Crippen molar-refractivity contribution in [3.8, 4) is 0 Å². The lowest BCUT2D eigenvalue weighted by Crippen LogP contribution is -2.58. The highest BCUT2D eigenvalue weighted by atomic mass is 79.9. The fourth-order valence-electron chi connectivity index (χ4n) is 3.20. The van der Waals surface area contributed by atoms with Gasteiger partial charge in [-0.1, -0.05) is 28.8 Å². The standard InChI is InChI=1S/C13H25BrNO/c1-12(2)9-11(7-5-6-8-14)10-13(3,4)15(12)16/h11H,5-10H2,1-4H3. The van der Waals surface area contributed by atoms with Gasteiger partial charge in [0.2, 0.25) is 0 Å². The van der Waals surface area contributed by atoms with Crippen LogP contribution in [0.5, 0.6) is 0 Å². The van der Waals surface area contributed by atoms with Crippen LogP contribution in [0, 0.1) is 5.92 Å². The maximum atomic E-state index is 12.2. The van der Waals surface area contributed by atoms with Crippen LogP contribution in [0.3, 0.4) is 0 Å². The second-order valence-electron chi connectivity index (χ2n) is 6.38. The van der Waals surface area contributed by atoms with Crippen LogP contribution >= 0.6 is 15.9 Å². The van der Waals surface area contributed by atoms with E-state index in [9.17, 15) is 5.21 Å². The summed E-state index contributed by atoms with van der Waals surface area (Å²) < 4.78 is 0. The van der Waals surface area contributed by atoms with Crippen molar-refractivity contribution in [3.05, 3.63) is 0 Å². The van der Waals surface area contributed by atoms with E-state index in [0.717, 1.165) is 18.2 Å². The van der Waals surface area contributed by atoms with E-state index in [1.54, 1.807) is 0 Å². The summed E-state index contributed by atoms with van der Waals surface area (Å²) in [6, 6.07) is 0. The van der Waals surface area contributed by atoms with E-state index < -0.39 is 0 Å². The summed E-state index contributed by atoms with van der Waals surface area (Å²) in [6.45, 7) is 8.33. The topological polar surface area (TPSA) is 23.1 Å². The predicted octanol–water partition coefficient (Wildman–Crippen LogP) is 4.17. The van der Waals surface area contributed by atoms with Gasteiger partial charge >= 0.3 is 0 Å². The van der Waals surface area contributed by atoms with E-state index in [0.29, 0.717) is 5.92 Å². The zero-order chi connectivity index (χ0) is 12.4. The van der Waals surface area contributed by atoms with Gasteiger partial charge in [-0.05, 0) is 52.9 Å². The normalized spacial score (nSPS) is 25.9. The summed E-state index contributed by atoms with van der Waals surface area (Å²) >= 11 is 3.47. The number of nitrogens with zero attached hydrogens (tertiary/aromatic N) is 1. The van der Waals surface area contributed by atoms with Gasteiger partial charge in [0.1, 0.15) is 0 Å². The minimum atomic E-state index is -0.194. The Morgan fingerprint density at radius 3 is 2.06 bits per heavy atom. The molecule has 3 heteroatoms. The molecule has 0 atom stereocenters. The smallest absolute Gasteiger partial charge is 0.0446 e. The van der Waals surface area contributed by atoms with Crippen molar-refractivity contribution in [2.45, 2.75) is 70.9 Å². The Bertz CT molecular complexity index is 210. The van der Waals surface area contributed by atoms with Gasteiger partial charge in [0.15, 0.2) is 0 Å². The number of hydroxylamine groups is 2. The highest BCUT2D eigenvalue weighted by molar-refractivity contribution is 9.09. The zero-order valence-corrected chi connectivity index (χ0v) is 12.6. The zero-order valence-electron chi connectivity index (χ0n) is 11.1. The third kappa shape index (κ3) is 3.44. The molecule has 0 aliphatic carbocycles. The van der Waals surface area contributed by atoms with Crippen LogP contribution in [0.25, 0.3) is 0 Å². The van der Waals surface area contributed by atoms with E-state index in [2.05, 4.69) is 43.6 Å². The van der Waals surface area contributed by atoms with Crippen LogP contribution in [-0.4, -0.2) is 21.5 Å². The molecule has 0 saturated carbocycles. The molecule has 1 rings (SSSR count). The highest BCUT2D eigenvalue weighted by Crippen LogP contribution is 2.41. The summed E-state index contributed by atoms with van der Waals surface area (Å²) in [5.74, 6) is 0.717. The summed E-state index contributed by atoms with van der Waals surface area (Å²) in [6.07, 6.45) is 5.89. The lowest BCUT2D eigenvalue weighted by Gasteiger charge is -2.50. The number of hydrogen-bond donors (Lipinski definition) is 0. The third-order valence-electron chi connectivity index (χ3n) is 3.67. The maximum absolute atomic E-state index is 12.2. The Kier molecular flexibility index (Phi) is 4.85. The number of hydrogen-bond acceptors (Lipinski definition) is 1. The molecule has 0 N–H and O–H groups in total. The number of unbranched alkanes of at least 4 members (excludes halogenated alkanes) is 1. The minimum absolute atomic E-state index is 0.194.